The summed E-state index contributed by atoms with van der Waals surface area (Å²) in [7, 11) is 1.36. The maximum Gasteiger partial charge on any atom is 0.419 e. The fourth-order valence-electron chi connectivity index (χ4n) is 4.81. The average Bonchev–Trinajstić information content (AvgIpc) is 3.28. The van der Waals surface area contributed by atoms with E-state index in [9.17, 15) is 17.6 Å². The van der Waals surface area contributed by atoms with Gasteiger partial charge in [-0.1, -0.05) is 0 Å². The molecule has 2 aromatic carbocycles. The highest BCUT2D eigenvalue weighted by atomic mass is 19.4. The Morgan fingerprint density at radius 2 is 1.89 bits per heavy atom. The summed E-state index contributed by atoms with van der Waals surface area (Å²) in [6.45, 7) is 2.45. The van der Waals surface area contributed by atoms with Crippen molar-refractivity contribution in [1.82, 2.24) is 19.7 Å². The number of nitrogens with one attached hydrogen (secondary N) is 1. The Morgan fingerprint density at radius 1 is 1.18 bits per heavy atom. The topological polar surface area (TPSA) is 97.9 Å². The molecular weight excluding hydrogens is 504 g/mol. The van der Waals surface area contributed by atoms with E-state index in [1.54, 1.807) is 31.2 Å². The quantitative estimate of drug-likeness (QED) is 0.345. The van der Waals surface area contributed by atoms with Crippen molar-refractivity contribution in [3.05, 3.63) is 71.4 Å². The highest BCUT2D eigenvalue weighted by Crippen LogP contribution is 2.57. The summed E-state index contributed by atoms with van der Waals surface area (Å²) in [6.07, 6.45) is -3.74. The van der Waals surface area contributed by atoms with Crippen LogP contribution in [0.3, 0.4) is 0 Å². The van der Waals surface area contributed by atoms with E-state index in [4.69, 9.17) is 14.7 Å². The minimum atomic E-state index is -4.73. The Balaban J connectivity index is 1.45. The molecule has 0 radical (unpaired) electrons. The van der Waals surface area contributed by atoms with E-state index in [1.165, 1.54) is 37.0 Å². The van der Waals surface area contributed by atoms with Gasteiger partial charge in [-0.15, -0.1) is 0 Å². The first-order valence-corrected chi connectivity index (χ1v) is 11.6. The van der Waals surface area contributed by atoms with Crippen molar-refractivity contribution < 1.29 is 27.0 Å². The Hall–Kier alpha value is -4.24. The first-order chi connectivity index (χ1) is 18.0. The molecule has 1 aliphatic rings. The first kappa shape index (κ1) is 25.4. The molecule has 1 fully saturated rings. The van der Waals surface area contributed by atoms with Gasteiger partial charge in [-0.3, -0.25) is 0 Å². The van der Waals surface area contributed by atoms with Gasteiger partial charge in [0.2, 0.25) is 0 Å². The van der Waals surface area contributed by atoms with Crippen molar-refractivity contribution in [3.8, 4) is 17.5 Å². The van der Waals surface area contributed by atoms with Crippen molar-refractivity contribution in [2.24, 2.45) is 0 Å². The summed E-state index contributed by atoms with van der Waals surface area (Å²) in [5.74, 6) is 0.115. The number of hydrogen-bond donors (Lipinski definition) is 1. The highest BCUT2D eigenvalue weighted by molar-refractivity contribution is 5.87. The Morgan fingerprint density at radius 3 is 2.53 bits per heavy atom. The molecule has 1 saturated heterocycles. The molecule has 0 amide bonds. The van der Waals surface area contributed by atoms with E-state index in [0.29, 0.717) is 28.1 Å². The van der Waals surface area contributed by atoms with Gasteiger partial charge in [-0.25, -0.2) is 19.0 Å². The Bertz CT molecular complexity index is 1550. The molecule has 0 spiro atoms. The highest BCUT2D eigenvalue weighted by Gasteiger charge is 2.68. The number of hydrogen-bond acceptors (Lipinski definition) is 7. The maximum absolute atomic E-state index is 14.3. The van der Waals surface area contributed by atoms with Gasteiger partial charge in [0.1, 0.15) is 23.2 Å². The Labute approximate surface area is 214 Å². The van der Waals surface area contributed by atoms with Crippen molar-refractivity contribution in [2.45, 2.75) is 37.6 Å². The van der Waals surface area contributed by atoms with Crippen LogP contribution in [0, 0.1) is 24.1 Å². The Kier molecular flexibility index (Phi) is 5.99. The zero-order valence-electron chi connectivity index (χ0n) is 20.6. The van der Waals surface area contributed by atoms with Gasteiger partial charge in [-0.2, -0.15) is 23.5 Å². The van der Waals surface area contributed by atoms with Crippen LogP contribution in [0.2, 0.25) is 0 Å². The number of benzene rings is 2. The van der Waals surface area contributed by atoms with Crippen LogP contribution in [0.4, 0.5) is 23.4 Å². The van der Waals surface area contributed by atoms with Crippen LogP contribution >= 0.6 is 0 Å². The van der Waals surface area contributed by atoms with Gasteiger partial charge >= 0.3 is 6.18 Å². The number of alkyl halides is 3. The van der Waals surface area contributed by atoms with Crippen LogP contribution in [0.5, 0.6) is 5.75 Å². The standard InChI is InChI=1S/C26H22F4N6O2/c1-15-34-22(19-12-33-36(23(19)35-15)18-7-4-16(11-31)5-8-18)32-14-25(26(28,29)30)13-24(2,38-25)20-10-17(27)6-9-21(20)37-3/h4-10,12H,13-14H2,1-3H3,(H,32,34,35). The first-order valence-electron chi connectivity index (χ1n) is 11.6. The van der Waals surface area contributed by atoms with Gasteiger partial charge < -0.3 is 14.8 Å². The van der Waals surface area contributed by atoms with Crippen LogP contribution in [-0.4, -0.2) is 45.2 Å². The maximum atomic E-state index is 14.3. The number of nitrogens with zero attached hydrogens (tertiary/aromatic N) is 5. The van der Waals surface area contributed by atoms with Crippen molar-refractivity contribution >= 4 is 16.9 Å². The molecule has 0 bridgehead atoms. The fourth-order valence-corrected chi connectivity index (χ4v) is 4.81. The van der Waals surface area contributed by atoms with E-state index < -0.39 is 36.2 Å². The minimum Gasteiger partial charge on any atom is -0.496 e. The number of anilines is 1. The second-order valence-electron chi connectivity index (χ2n) is 9.27. The number of halogens is 4. The zero-order chi connectivity index (χ0) is 27.3. The average molecular weight is 526 g/mol. The molecule has 8 nitrogen and oxygen atoms in total. The minimum absolute atomic E-state index is 0.163. The fraction of sp³-hybridized carbons (Fsp3) is 0.308. The van der Waals surface area contributed by atoms with E-state index in [0.717, 1.165) is 6.07 Å². The smallest absolute Gasteiger partial charge is 0.419 e. The van der Waals surface area contributed by atoms with Crippen molar-refractivity contribution in [3.63, 3.8) is 0 Å². The number of ether oxygens (including phenoxy) is 2. The molecule has 12 heteroatoms. The summed E-state index contributed by atoms with van der Waals surface area (Å²) in [5.41, 5.74) is -2.29. The lowest BCUT2D eigenvalue weighted by Crippen LogP contribution is -2.67. The van der Waals surface area contributed by atoms with Crippen LogP contribution in [0.1, 0.15) is 30.3 Å². The van der Waals surface area contributed by atoms with Gasteiger partial charge in [-0.05, 0) is 56.3 Å². The number of methoxy groups -OCH3 is 1. The van der Waals surface area contributed by atoms with Crippen LogP contribution < -0.4 is 10.1 Å². The van der Waals surface area contributed by atoms with Gasteiger partial charge in [0.15, 0.2) is 11.2 Å². The molecule has 4 aromatic rings. The second kappa shape index (κ2) is 8.95. The third-order valence-corrected chi connectivity index (χ3v) is 6.61. The lowest BCUT2D eigenvalue weighted by Gasteiger charge is -2.55. The molecule has 196 valence electrons. The summed E-state index contributed by atoms with van der Waals surface area (Å²) >= 11 is 0. The molecule has 3 heterocycles. The third kappa shape index (κ3) is 4.18. The molecule has 38 heavy (non-hydrogen) atoms. The SMILES string of the molecule is COc1ccc(F)cc1C1(C)CC(CNc2nc(C)nc3c2cnn3-c2ccc(C#N)cc2)(C(F)(F)F)O1. The molecule has 0 aliphatic carbocycles. The lowest BCUT2D eigenvalue weighted by molar-refractivity contribution is -0.380. The molecule has 1 aliphatic heterocycles. The largest absolute Gasteiger partial charge is 0.496 e. The van der Waals surface area contributed by atoms with E-state index in [1.807, 2.05) is 6.07 Å². The van der Waals surface area contributed by atoms with E-state index in [-0.39, 0.29) is 17.1 Å². The van der Waals surface area contributed by atoms with E-state index in [2.05, 4.69) is 20.4 Å². The monoisotopic (exact) mass is 526 g/mol. The number of fused-ring (bicyclic) bond motifs is 1. The van der Waals surface area contributed by atoms with Crippen molar-refractivity contribution in [2.75, 3.05) is 19.0 Å². The lowest BCUT2D eigenvalue weighted by atomic mass is 9.75. The second-order valence-corrected chi connectivity index (χ2v) is 9.27. The number of nitriles is 1. The molecular formula is C26H22F4N6O2. The summed E-state index contributed by atoms with van der Waals surface area (Å²) in [4.78, 5) is 8.72. The molecule has 2 aromatic heterocycles. The number of aromatic nitrogens is 4. The van der Waals surface area contributed by atoms with Gasteiger partial charge in [0.05, 0.1) is 48.2 Å². The summed E-state index contributed by atoms with van der Waals surface area (Å²) in [6, 6.07) is 12.3. The zero-order valence-corrected chi connectivity index (χ0v) is 20.6. The molecule has 0 saturated carbocycles. The van der Waals surface area contributed by atoms with E-state index >= 15 is 0 Å². The molecule has 1 N–H and O–H groups in total. The third-order valence-electron chi connectivity index (χ3n) is 6.61. The van der Waals surface area contributed by atoms with Gasteiger partial charge in [0.25, 0.3) is 0 Å². The predicted molar refractivity (Wildman–Crippen MR) is 129 cm³/mol. The molecule has 2 atom stereocenters. The number of aryl methyl sites for hydroxylation is 1. The van der Waals surface area contributed by atoms with Crippen LogP contribution in [0.25, 0.3) is 16.7 Å². The van der Waals surface area contributed by atoms with Gasteiger partial charge in [0, 0.05) is 12.0 Å². The summed E-state index contributed by atoms with van der Waals surface area (Å²) in [5, 5.41) is 16.6. The molecule has 2 unspecified atom stereocenters. The van der Waals surface area contributed by atoms with Crippen molar-refractivity contribution in [1.29, 1.82) is 5.26 Å². The van der Waals surface area contributed by atoms with Crippen LogP contribution in [0.15, 0.2) is 48.7 Å². The van der Waals surface area contributed by atoms with Crippen LogP contribution in [-0.2, 0) is 10.3 Å². The predicted octanol–water partition coefficient (Wildman–Crippen LogP) is 5.19. The normalized spacial score (nSPS) is 21.1. The summed E-state index contributed by atoms with van der Waals surface area (Å²) < 4.78 is 69.2. The number of rotatable bonds is 6. The molecule has 5 rings (SSSR count).